The van der Waals surface area contributed by atoms with Crippen LogP contribution < -0.4 is 0 Å². The van der Waals surface area contributed by atoms with Crippen LogP contribution in [0.25, 0.3) is 99.1 Å². The second-order valence-electron chi connectivity index (χ2n) is 14.1. The first kappa shape index (κ1) is 31.7. The monoisotopic (exact) mass is 684 g/mol. The normalized spacial score (nSPS) is 11.3. The number of rotatable bonds is 6. The molecule has 0 aliphatic rings. The summed E-state index contributed by atoms with van der Waals surface area (Å²) in [4.78, 5) is 0. The highest BCUT2D eigenvalue weighted by Gasteiger charge is 2.15. The Kier molecular flexibility index (Phi) is 7.93. The zero-order valence-electron chi connectivity index (χ0n) is 29.8. The van der Waals surface area contributed by atoms with Gasteiger partial charge in [-0.25, -0.2) is 0 Å². The highest BCUT2D eigenvalue weighted by atomic mass is 14.2. The SMILES string of the molecule is c1ccc(-c2ccc(-c3cccc(-c4cc5cc(-c6cccc(-c7ccc(-c8ccccc8)cc7)c6)c6ccccc6c5c5ccccc45)c3)cc2)cc1. The van der Waals surface area contributed by atoms with Crippen LogP contribution in [-0.2, 0) is 0 Å². The predicted octanol–water partition coefficient (Wildman–Crippen LogP) is 15.1. The fourth-order valence-corrected chi connectivity index (χ4v) is 8.16. The molecule has 0 heteroatoms. The summed E-state index contributed by atoms with van der Waals surface area (Å²) < 4.78 is 0. The van der Waals surface area contributed by atoms with Crippen LogP contribution in [0.1, 0.15) is 0 Å². The molecule has 0 atom stereocenters. The predicted molar refractivity (Wildman–Crippen MR) is 232 cm³/mol. The lowest BCUT2D eigenvalue weighted by molar-refractivity contribution is 1.58. The maximum atomic E-state index is 2.41. The summed E-state index contributed by atoms with van der Waals surface area (Å²) in [6.07, 6.45) is 0. The summed E-state index contributed by atoms with van der Waals surface area (Å²) in [6.45, 7) is 0. The van der Waals surface area contributed by atoms with Crippen molar-refractivity contribution in [2.75, 3.05) is 0 Å². The summed E-state index contributed by atoms with van der Waals surface area (Å²) >= 11 is 0. The molecule has 0 saturated heterocycles. The van der Waals surface area contributed by atoms with Crippen molar-refractivity contribution in [2.45, 2.75) is 0 Å². The van der Waals surface area contributed by atoms with Crippen LogP contribution >= 0.6 is 0 Å². The second-order valence-corrected chi connectivity index (χ2v) is 14.1. The summed E-state index contributed by atoms with van der Waals surface area (Å²) in [7, 11) is 0. The van der Waals surface area contributed by atoms with Gasteiger partial charge in [-0.3, -0.25) is 0 Å². The molecule has 252 valence electrons. The molecule has 0 amide bonds. The van der Waals surface area contributed by atoms with E-state index in [-0.39, 0.29) is 0 Å². The van der Waals surface area contributed by atoms with Gasteiger partial charge in [-0.05, 0) is 123 Å². The van der Waals surface area contributed by atoms with Crippen molar-refractivity contribution in [2.24, 2.45) is 0 Å². The average Bonchev–Trinajstić information content (AvgIpc) is 3.26. The van der Waals surface area contributed by atoms with Crippen LogP contribution in [0.4, 0.5) is 0 Å². The van der Waals surface area contributed by atoms with Crippen molar-refractivity contribution in [1.82, 2.24) is 0 Å². The molecule has 54 heavy (non-hydrogen) atoms. The Balaban J connectivity index is 1.09. The van der Waals surface area contributed by atoms with Gasteiger partial charge in [-0.2, -0.15) is 0 Å². The van der Waals surface area contributed by atoms with Gasteiger partial charge in [0.05, 0.1) is 0 Å². The Morgan fingerprint density at radius 3 is 0.889 bits per heavy atom. The Bertz CT molecular complexity index is 2740. The zero-order chi connectivity index (χ0) is 35.8. The Labute approximate surface area is 316 Å². The molecule has 0 heterocycles. The molecule has 0 fully saturated rings. The number of hydrogen-bond donors (Lipinski definition) is 0. The van der Waals surface area contributed by atoms with E-state index in [0.29, 0.717) is 0 Å². The molecular formula is C54H36. The largest absolute Gasteiger partial charge is 0.0622 e. The maximum Gasteiger partial charge on any atom is -0.00259 e. The van der Waals surface area contributed by atoms with Crippen LogP contribution in [0.5, 0.6) is 0 Å². The van der Waals surface area contributed by atoms with Gasteiger partial charge in [-0.1, -0.05) is 194 Å². The highest BCUT2D eigenvalue weighted by Crippen LogP contribution is 2.43. The third-order valence-electron chi connectivity index (χ3n) is 10.9. The molecule has 10 aromatic carbocycles. The smallest absolute Gasteiger partial charge is 0.00259 e. The van der Waals surface area contributed by atoms with Gasteiger partial charge in [0.15, 0.2) is 0 Å². The molecule has 0 N–H and O–H groups in total. The van der Waals surface area contributed by atoms with Crippen molar-refractivity contribution in [3.8, 4) is 66.8 Å². The fourth-order valence-electron chi connectivity index (χ4n) is 8.16. The van der Waals surface area contributed by atoms with E-state index in [1.165, 1.54) is 99.1 Å². The van der Waals surface area contributed by atoms with E-state index in [2.05, 4.69) is 218 Å². The van der Waals surface area contributed by atoms with Gasteiger partial charge in [0.1, 0.15) is 0 Å². The van der Waals surface area contributed by atoms with Crippen molar-refractivity contribution in [3.05, 3.63) is 218 Å². The summed E-state index contributed by atoms with van der Waals surface area (Å²) in [5.41, 5.74) is 14.7. The standard InChI is InChI=1S/C54H36/c1-3-13-37(14-4-1)39-25-29-41(30-26-39)43-17-11-19-45(33-43)52-35-47-36-53(49-22-8-10-24-51(49)54(47)50-23-9-7-21-48(50)52)46-20-12-18-44(34-46)42-31-27-40(28-32-42)38-15-5-2-6-16-38/h1-36H. The average molecular weight is 685 g/mol. The Hall–Kier alpha value is -7.02. The minimum absolute atomic E-state index is 1.21. The fraction of sp³-hybridized carbons (Fsp3) is 0. The molecule has 0 saturated carbocycles. The molecule has 0 bridgehead atoms. The van der Waals surface area contributed by atoms with E-state index in [4.69, 9.17) is 0 Å². The van der Waals surface area contributed by atoms with Gasteiger partial charge in [0.25, 0.3) is 0 Å². The minimum Gasteiger partial charge on any atom is -0.0622 e. The second kappa shape index (κ2) is 13.5. The van der Waals surface area contributed by atoms with Crippen LogP contribution in [0.2, 0.25) is 0 Å². The topological polar surface area (TPSA) is 0 Å². The van der Waals surface area contributed by atoms with Crippen molar-refractivity contribution in [3.63, 3.8) is 0 Å². The van der Waals surface area contributed by atoms with Gasteiger partial charge >= 0.3 is 0 Å². The number of benzene rings is 10. The Morgan fingerprint density at radius 1 is 0.185 bits per heavy atom. The lowest BCUT2D eigenvalue weighted by Crippen LogP contribution is -1.90. The molecule has 0 aliphatic heterocycles. The number of fused-ring (bicyclic) bond motifs is 5. The van der Waals surface area contributed by atoms with Gasteiger partial charge < -0.3 is 0 Å². The van der Waals surface area contributed by atoms with E-state index in [1.54, 1.807) is 0 Å². The molecular weight excluding hydrogens is 649 g/mol. The van der Waals surface area contributed by atoms with Crippen molar-refractivity contribution < 1.29 is 0 Å². The first-order chi connectivity index (χ1) is 26.8. The van der Waals surface area contributed by atoms with E-state index >= 15 is 0 Å². The molecule has 0 aromatic heterocycles. The molecule has 0 radical (unpaired) electrons. The van der Waals surface area contributed by atoms with E-state index in [1.807, 2.05) is 0 Å². The van der Waals surface area contributed by atoms with Crippen molar-refractivity contribution in [1.29, 1.82) is 0 Å². The quantitative estimate of drug-likeness (QED) is 0.153. The van der Waals surface area contributed by atoms with Crippen LogP contribution in [-0.4, -0.2) is 0 Å². The summed E-state index contributed by atoms with van der Waals surface area (Å²) in [6, 6.07) is 79.7. The first-order valence-corrected chi connectivity index (χ1v) is 18.7. The highest BCUT2D eigenvalue weighted by molar-refractivity contribution is 6.25. The lowest BCUT2D eigenvalue weighted by Gasteiger charge is -2.17. The molecule has 0 nitrogen and oxygen atoms in total. The number of hydrogen-bond acceptors (Lipinski definition) is 0. The molecule has 0 aliphatic carbocycles. The van der Waals surface area contributed by atoms with E-state index < -0.39 is 0 Å². The van der Waals surface area contributed by atoms with Gasteiger partial charge in [0, 0.05) is 0 Å². The van der Waals surface area contributed by atoms with Gasteiger partial charge in [0.2, 0.25) is 0 Å². The summed E-state index contributed by atoms with van der Waals surface area (Å²) in [5, 5.41) is 7.62. The van der Waals surface area contributed by atoms with Gasteiger partial charge in [-0.15, -0.1) is 0 Å². The first-order valence-electron chi connectivity index (χ1n) is 18.7. The third-order valence-corrected chi connectivity index (χ3v) is 10.9. The zero-order valence-corrected chi connectivity index (χ0v) is 29.8. The van der Waals surface area contributed by atoms with Crippen LogP contribution in [0, 0.1) is 0 Å². The molecule has 10 aromatic rings. The molecule has 0 unspecified atom stereocenters. The molecule has 0 spiro atoms. The van der Waals surface area contributed by atoms with E-state index in [0.717, 1.165) is 0 Å². The van der Waals surface area contributed by atoms with E-state index in [9.17, 15) is 0 Å². The maximum absolute atomic E-state index is 2.41. The summed E-state index contributed by atoms with van der Waals surface area (Å²) in [5.74, 6) is 0. The minimum atomic E-state index is 1.21. The third kappa shape index (κ3) is 5.75. The van der Waals surface area contributed by atoms with Crippen LogP contribution in [0.15, 0.2) is 218 Å². The lowest BCUT2D eigenvalue weighted by atomic mass is 9.87. The van der Waals surface area contributed by atoms with Crippen molar-refractivity contribution >= 4 is 32.3 Å². The molecule has 10 rings (SSSR count). The Morgan fingerprint density at radius 2 is 0.481 bits per heavy atom. The van der Waals surface area contributed by atoms with Crippen LogP contribution in [0.3, 0.4) is 0 Å².